The predicted octanol–water partition coefficient (Wildman–Crippen LogP) is 2.04. The van der Waals surface area contributed by atoms with Gasteiger partial charge in [-0.1, -0.05) is 18.2 Å². The van der Waals surface area contributed by atoms with Crippen molar-refractivity contribution in [2.75, 3.05) is 25.4 Å². The van der Waals surface area contributed by atoms with Gasteiger partial charge in [0.2, 0.25) is 0 Å². The summed E-state index contributed by atoms with van der Waals surface area (Å²) in [5.41, 5.74) is 1.12. The SMILES string of the molecule is Cn1ccc(C2CCN(CCS(=O)(=O)c3ccccc3)CC2)cc1=O. The fraction of sp³-hybridized carbons (Fsp3) is 0.421. The van der Waals surface area contributed by atoms with Gasteiger partial charge in [0.25, 0.3) is 5.56 Å². The standard InChI is InChI=1S/C19H24N2O3S/c1-20-10-7-17(15-19(20)22)16-8-11-21(12-9-16)13-14-25(23,24)18-5-3-2-4-6-18/h2-7,10,15-16H,8-9,11-14H2,1H3. The zero-order valence-electron chi connectivity index (χ0n) is 14.5. The van der Waals surface area contributed by atoms with E-state index in [1.807, 2.05) is 18.3 Å². The molecule has 0 atom stereocenters. The molecule has 2 heterocycles. The summed E-state index contributed by atoms with van der Waals surface area (Å²) >= 11 is 0. The van der Waals surface area contributed by atoms with E-state index in [2.05, 4.69) is 4.90 Å². The molecular formula is C19H24N2O3S. The zero-order valence-corrected chi connectivity index (χ0v) is 15.3. The van der Waals surface area contributed by atoms with Crippen LogP contribution >= 0.6 is 0 Å². The van der Waals surface area contributed by atoms with Crippen molar-refractivity contribution < 1.29 is 8.42 Å². The Morgan fingerprint density at radius 1 is 1.08 bits per heavy atom. The van der Waals surface area contributed by atoms with Crippen molar-refractivity contribution in [1.82, 2.24) is 9.47 Å². The molecule has 0 amide bonds. The van der Waals surface area contributed by atoms with Crippen molar-refractivity contribution in [2.45, 2.75) is 23.7 Å². The van der Waals surface area contributed by atoms with Gasteiger partial charge in [-0.25, -0.2) is 8.42 Å². The number of piperidine rings is 1. The molecule has 1 aliphatic rings. The number of hydrogen-bond donors (Lipinski definition) is 0. The Hall–Kier alpha value is -1.92. The van der Waals surface area contributed by atoms with Gasteiger partial charge in [0, 0.05) is 25.9 Å². The van der Waals surface area contributed by atoms with E-state index < -0.39 is 9.84 Å². The van der Waals surface area contributed by atoms with Crippen molar-refractivity contribution in [3.8, 4) is 0 Å². The monoisotopic (exact) mass is 360 g/mol. The minimum Gasteiger partial charge on any atom is -0.319 e. The lowest BCUT2D eigenvalue weighted by molar-refractivity contribution is 0.223. The first kappa shape index (κ1) is 17.9. The number of pyridine rings is 1. The second-order valence-corrected chi connectivity index (χ2v) is 8.77. The zero-order chi connectivity index (χ0) is 17.9. The van der Waals surface area contributed by atoms with Gasteiger partial charge in [0.1, 0.15) is 0 Å². The number of aryl methyl sites for hydroxylation is 1. The second kappa shape index (κ2) is 7.54. The Bertz CT molecular complexity index is 867. The van der Waals surface area contributed by atoms with Crippen LogP contribution in [0.4, 0.5) is 0 Å². The number of aromatic nitrogens is 1. The first-order chi connectivity index (χ1) is 12.0. The van der Waals surface area contributed by atoms with Crippen molar-refractivity contribution in [3.63, 3.8) is 0 Å². The van der Waals surface area contributed by atoms with Gasteiger partial charge in [0.05, 0.1) is 10.6 Å². The number of benzene rings is 1. The highest BCUT2D eigenvalue weighted by molar-refractivity contribution is 7.91. The third-order valence-electron chi connectivity index (χ3n) is 4.97. The van der Waals surface area contributed by atoms with Crippen LogP contribution in [-0.2, 0) is 16.9 Å². The van der Waals surface area contributed by atoms with Crippen molar-refractivity contribution >= 4 is 9.84 Å². The van der Waals surface area contributed by atoms with Crippen LogP contribution in [0.25, 0.3) is 0 Å². The number of likely N-dealkylation sites (tertiary alicyclic amines) is 1. The Kier molecular flexibility index (Phi) is 5.39. The first-order valence-electron chi connectivity index (χ1n) is 8.62. The third-order valence-corrected chi connectivity index (χ3v) is 6.68. The van der Waals surface area contributed by atoms with Crippen LogP contribution in [0.5, 0.6) is 0 Å². The number of rotatable bonds is 5. The van der Waals surface area contributed by atoms with Crippen LogP contribution in [0.2, 0.25) is 0 Å². The molecule has 5 nitrogen and oxygen atoms in total. The van der Waals surface area contributed by atoms with Gasteiger partial charge < -0.3 is 9.47 Å². The van der Waals surface area contributed by atoms with Crippen molar-refractivity contribution in [3.05, 3.63) is 64.6 Å². The van der Waals surface area contributed by atoms with Gasteiger partial charge in [-0.2, -0.15) is 0 Å². The fourth-order valence-electron chi connectivity index (χ4n) is 3.30. The molecule has 0 unspecified atom stereocenters. The molecule has 134 valence electrons. The largest absolute Gasteiger partial charge is 0.319 e. The van der Waals surface area contributed by atoms with E-state index in [0.29, 0.717) is 17.4 Å². The Morgan fingerprint density at radius 2 is 1.76 bits per heavy atom. The van der Waals surface area contributed by atoms with Crippen LogP contribution in [0.3, 0.4) is 0 Å². The average Bonchev–Trinajstić information content (AvgIpc) is 2.64. The summed E-state index contributed by atoms with van der Waals surface area (Å²) in [5, 5.41) is 0. The fourth-order valence-corrected chi connectivity index (χ4v) is 4.61. The quantitative estimate of drug-likeness (QED) is 0.819. The summed E-state index contributed by atoms with van der Waals surface area (Å²) < 4.78 is 26.3. The highest BCUT2D eigenvalue weighted by atomic mass is 32.2. The molecule has 1 fully saturated rings. The van der Waals surface area contributed by atoms with E-state index >= 15 is 0 Å². The van der Waals surface area contributed by atoms with Crippen LogP contribution in [0.15, 0.2) is 58.4 Å². The summed E-state index contributed by atoms with van der Waals surface area (Å²) in [7, 11) is -1.47. The van der Waals surface area contributed by atoms with Crippen LogP contribution < -0.4 is 5.56 Å². The van der Waals surface area contributed by atoms with E-state index in [1.54, 1.807) is 41.9 Å². The minimum atomic E-state index is -3.22. The molecule has 2 aromatic rings. The summed E-state index contributed by atoms with van der Waals surface area (Å²) in [6.07, 6.45) is 3.73. The Morgan fingerprint density at radius 3 is 2.40 bits per heavy atom. The lowest BCUT2D eigenvalue weighted by Crippen LogP contribution is -2.36. The minimum absolute atomic E-state index is 0.0221. The third kappa shape index (κ3) is 4.38. The molecule has 25 heavy (non-hydrogen) atoms. The van der Waals surface area contributed by atoms with Gasteiger partial charge in [0.15, 0.2) is 9.84 Å². The highest BCUT2D eigenvalue weighted by Gasteiger charge is 2.23. The maximum atomic E-state index is 12.4. The van der Waals surface area contributed by atoms with Crippen LogP contribution in [-0.4, -0.2) is 43.3 Å². The normalized spacial score (nSPS) is 16.8. The average molecular weight is 360 g/mol. The topological polar surface area (TPSA) is 59.4 Å². The van der Waals surface area contributed by atoms with Crippen LogP contribution in [0, 0.1) is 0 Å². The van der Waals surface area contributed by atoms with E-state index in [9.17, 15) is 13.2 Å². The van der Waals surface area contributed by atoms with Gasteiger partial charge >= 0.3 is 0 Å². The molecule has 1 saturated heterocycles. The summed E-state index contributed by atoms with van der Waals surface area (Å²) in [5.74, 6) is 0.531. The molecular weight excluding hydrogens is 336 g/mol. The molecule has 1 aliphatic heterocycles. The molecule has 0 aliphatic carbocycles. The summed E-state index contributed by atoms with van der Waals surface area (Å²) in [6.45, 7) is 2.29. The summed E-state index contributed by atoms with van der Waals surface area (Å²) in [4.78, 5) is 14.4. The van der Waals surface area contributed by atoms with Gasteiger partial charge in [-0.3, -0.25) is 4.79 Å². The lowest BCUT2D eigenvalue weighted by Gasteiger charge is -2.32. The molecule has 6 heteroatoms. The number of nitrogens with zero attached hydrogens (tertiary/aromatic N) is 2. The van der Waals surface area contributed by atoms with E-state index in [1.165, 1.54) is 0 Å². The van der Waals surface area contributed by atoms with Crippen molar-refractivity contribution in [1.29, 1.82) is 0 Å². The van der Waals surface area contributed by atoms with Gasteiger partial charge in [-0.05, 0) is 55.6 Å². The Balaban J connectivity index is 1.54. The molecule has 1 aromatic heterocycles. The van der Waals surface area contributed by atoms with Crippen LogP contribution in [0.1, 0.15) is 24.3 Å². The molecule has 0 bridgehead atoms. The molecule has 3 rings (SSSR count). The maximum absolute atomic E-state index is 12.4. The van der Waals surface area contributed by atoms with Crippen molar-refractivity contribution in [2.24, 2.45) is 7.05 Å². The molecule has 1 aromatic carbocycles. The smallest absolute Gasteiger partial charge is 0.250 e. The first-order valence-corrected chi connectivity index (χ1v) is 10.3. The lowest BCUT2D eigenvalue weighted by atomic mass is 9.90. The maximum Gasteiger partial charge on any atom is 0.250 e. The van der Waals surface area contributed by atoms with E-state index in [0.717, 1.165) is 31.5 Å². The highest BCUT2D eigenvalue weighted by Crippen LogP contribution is 2.27. The van der Waals surface area contributed by atoms with Gasteiger partial charge in [-0.15, -0.1) is 0 Å². The Labute approximate surface area is 148 Å². The summed E-state index contributed by atoms with van der Waals surface area (Å²) in [6, 6.07) is 12.4. The molecule has 0 spiro atoms. The molecule has 0 radical (unpaired) electrons. The predicted molar refractivity (Wildman–Crippen MR) is 98.6 cm³/mol. The number of hydrogen-bond acceptors (Lipinski definition) is 4. The molecule has 0 saturated carbocycles. The number of sulfone groups is 1. The van der Waals surface area contributed by atoms with E-state index in [-0.39, 0.29) is 11.3 Å². The second-order valence-electron chi connectivity index (χ2n) is 6.66. The molecule has 0 N–H and O–H groups in total. The van der Waals surface area contributed by atoms with E-state index in [4.69, 9.17) is 0 Å².